The highest BCUT2D eigenvalue weighted by atomic mass is 32.7. The molecule has 0 saturated heterocycles. The molecule has 0 bridgehead atoms. The molecule has 0 aliphatic carbocycles. The smallest absolute Gasteiger partial charge is 0.475 e. The van der Waals surface area contributed by atoms with Crippen LogP contribution in [0, 0.1) is 0 Å². The average molecular weight is 446 g/mol. The predicted octanol–water partition coefficient (Wildman–Crippen LogP) is 3.04. The summed E-state index contributed by atoms with van der Waals surface area (Å²) in [5.41, 5.74) is 5.45. The predicted molar refractivity (Wildman–Crippen MR) is 99.1 cm³/mol. The highest BCUT2D eigenvalue weighted by molar-refractivity contribution is 8.56. The Morgan fingerprint density at radius 3 is 2.29 bits per heavy atom. The Labute approximate surface area is 164 Å². The van der Waals surface area contributed by atoms with Gasteiger partial charge in [-0.25, -0.2) is 14.4 Å². The van der Waals surface area contributed by atoms with Gasteiger partial charge in [0.05, 0.1) is 6.61 Å². The average Bonchev–Trinajstić information content (AvgIpc) is 2.60. The number of carbonyl (C=O) groups excluding carboxylic acids is 1. The number of nitrogens with two attached hydrogens (primary N) is 1. The molecule has 0 unspecified atom stereocenters. The summed E-state index contributed by atoms with van der Waals surface area (Å²) >= 11 is 1.07. The van der Waals surface area contributed by atoms with Gasteiger partial charge < -0.3 is 20.1 Å². The van der Waals surface area contributed by atoms with E-state index in [2.05, 4.69) is 5.09 Å². The lowest BCUT2D eigenvalue weighted by atomic mass is 10.3. The Bertz CT molecular complexity index is 663. The molecule has 8 nitrogen and oxygen atoms in total. The minimum absolute atomic E-state index is 0.268. The van der Waals surface area contributed by atoms with Gasteiger partial charge in [0.15, 0.2) is 0 Å². The number of halogens is 3. The first kappa shape index (κ1) is 26.2. The van der Waals surface area contributed by atoms with Gasteiger partial charge in [-0.3, -0.25) is 4.79 Å². The normalized spacial score (nSPS) is 14.1. The van der Waals surface area contributed by atoms with Crippen LogP contribution in [0.5, 0.6) is 5.75 Å². The standard InChI is InChI=1S/C13H21N2O4PS.C2HF3O2/c1-3-18-13(16)11(2)15-20(17,21-10-9-14)19-12-7-5-4-6-8-12;3-2(4,5)1(6)7/h4-8,11H,3,9-10,14H2,1-2H3,(H,15,17);(H,6,7)/t11-,20+;/m0./s1. The second kappa shape index (κ2) is 12.7. The largest absolute Gasteiger partial charge is 0.490 e. The zero-order chi connectivity index (χ0) is 21.8. The van der Waals surface area contributed by atoms with E-state index in [1.54, 1.807) is 38.1 Å². The minimum Gasteiger partial charge on any atom is -0.475 e. The molecule has 0 aliphatic rings. The quantitative estimate of drug-likeness (QED) is 0.387. The Morgan fingerprint density at radius 2 is 1.86 bits per heavy atom. The molecule has 13 heteroatoms. The van der Waals surface area contributed by atoms with E-state index in [1.807, 2.05) is 6.07 Å². The van der Waals surface area contributed by atoms with Crippen LogP contribution < -0.4 is 15.3 Å². The summed E-state index contributed by atoms with van der Waals surface area (Å²) in [7, 11) is 0. The molecule has 28 heavy (non-hydrogen) atoms. The van der Waals surface area contributed by atoms with Gasteiger partial charge in [-0.1, -0.05) is 18.2 Å². The summed E-state index contributed by atoms with van der Waals surface area (Å²) in [5.74, 6) is -2.31. The van der Waals surface area contributed by atoms with Crippen molar-refractivity contribution in [3.63, 3.8) is 0 Å². The molecule has 0 radical (unpaired) electrons. The third kappa shape index (κ3) is 11.2. The number of hydrogen-bond donors (Lipinski definition) is 3. The van der Waals surface area contributed by atoms with Gasteiger partial charge in [-0.2, -0.15) is 13.2 Å². The molecule has 160 valence electrons. The Kier molecular flexibility index (Phi) is 11.9. The molecule has 0 heterocycles. The van der Waals surface area contributed by atoms with Crippen LogP contribution >= 0.6 is 18.1 Å². The Balaban J connectivity index is 0.000000887. The van der Waals surface area contributed by atoms with Crippen molar-refractivity contribution < 1.29 is 41.7 Å². The number of para-hydroxylation sites is 1. The lowest BCUT2D eigenvalue weighted by molar-refractivity contribution is -0.192. The molecule has 1 aromatic carbocycles. The van der Waals surface area contributed by atoms with Crippen LogP contribution in [0.1, 0.15) is 13.8 Å². The van der Waals surface area contributed by atoms with E-state index >= 15 is 0 Å². The third-order valence-electron chi connectivity index (χ3n) is 2.58. The van der Waals surface area contributed by atoms with Gasteiger partial charge >= 0.3 is 24.8 Å². The van der Waals surface area contributed by atoms with E-state index in [1.165, 1.54) is 0 Å². The molecule has 0 aromatic heterocycles. The number of nitrogens with one attached hydrogen (secondary N) is 1. The van der Waals surface area contributed by atoms with E-state index in [0.717, 1.165) is 11.4 Å². The van der Waals surface area contributed by atoms with Gasteiger partial charge in [0, 0.05) is 12.3 Å². The maximum absolute atomic E-state index is 12.8. The fourth-order valence-electron chi connectivity index (χ4n) is 1.44. The van der Waals surface area contributed by atoms with Crippen molar-refractivity contribution in [1.29, 1.82) is 0 Å². The number of esters is 1. The summed E-state index contributed by atoms with van der Waals surface area (Å²) in [6.45, 7) is 0.628. The zero-order valence-electron chi connectivity index (χ0n) is 15.1. The zero-order valence-corrected chi connectivity index (χ0v) is 16.9. The van der Waals surface area contributed by atoms with Crippen molar-refractivity contribution >= 4 is 30.0 Å². The van der Waals surface area contributed by atoms with E-state index < -0.39 is 30.9 Å². The van der Waals surface area contributed by atoms with Crippen molar-refractivity contribution in [2.45, 2.75) is 26.1 Å². The lowest BCUT2D eigenvalue weighted by Crippen LogP contribution is -2.34. The van der Waals surface area contributed by atoms with Crippen LogP contribution in [0.15, 0.2) is 30.3 Å². The maximum atomic E-state index is 12.8. The number of hydrogen-bond acceptors (Lipinski definition) is 7. The molecule has 1 rings (SSSR count). The number of carboxylic acid groups (broad SMARTS) is 1. The number of aliphatic carboxylic acids is 1. The van der Waals surface area contributed by atoms with Crippen LogP contribution in [0.25, 0.3) is 0 Å². The molecule has 1 aromatic rings. The number of rotatable bonds is 9. The molecular weight excluding hydrogens is 424 g/mol. The highest BCUT2D eigenvalue weighted by Crippen LogP contribution is 2.55. The van der Waals surface area contributed by atoms with Gasteiger partial charge in [0.1, 0.15) is 11.8 Å². The van der Waals surface area contributed by atoms with E-state index in [0.29, 0.717) is 18.0 Å². The van der Waals surface area contributed by atoms with Crippen LogP contribution in [0.2, 0.25) is 0 Å². The molecular formula is C15H22F3N2O6PS. The highest BCUT2D eigenvalue weighted by Gasteiger charge is 2.38. The first-order valence-electron chi connectivity index (χ1n) is 7.89. The summed E-state index contributed by atoms with van der Waals surface area (Å²) in [6.07, 6.45) is -5.08. The van der Waals surface area contributed by atoms with Gasteiger partial charge in [0.2, 0.25) is 0 Å². The van der Waals surface area contributed by atoms with E-state index in [-0.39, 0.29) is 6.61 Å². The monoisotopic (exact) mass is 446 g/mol. The Morgan fingerprint density at radius 1 is 1.32 bits per heavy atom. The first-order valence-corrected chi connectivity index (χ1v) is 11.1. The number of ether oxygens (including phenoxy) is 1. The van der Waals surface area contributed by atoms with Gasteiger partial charge in [0.25, 0.3) is 0 Å². The van der Waals surface area contributed by atoms with Crippen LogP contribution in [-0.2, 0) is 18.9 Å². The molecule has 0 spiro atoms. The second-order valence-electron chi connectivity index (χ2n) is 4.93. The van der Waals surface area contributed by atoms with Crippen LogP contribution in [0.4, 0.5) is 13.2 Å². The van der Waals surface area contributed by atoms with Crippen molar-refractivity contribution in [3.05, 3.63) is 30.3 Å². The van der Waals surface area contributed by atoms with Gasteiger partial charge in [-0.05, 0) is 37.4 Å². The van der Waals surface area contributed by atoms with Crippen molar-refractivity contribution in [1.82, 2.24) is 5.09 Å². The topological polar surface area (TPSA) is 128 Å². The van der Waals surface area contributed by atoms with Crippen LogP contribution in [-0.4, -0.2) is 48.2 Å². The van der Waals surface area contributed by atoms with Crippen molar-refractivity contribution in [2.75, 3.05) is 18.9 Å². The van der Waals surface area contributed by atoms with Crippen molar-refractivity contribution in [3.8, 4) is 5.75 Å². The summed E-state index contributed by atoms with van der Waals surface area (Å²) in [6, 6.07) is 8.06. The minimum atomic E-state index is -5.08. The second-order valence-corrected chi connectivity index (χ2v) is 9.25. The number of alkyl halides is 3. The van der Waals surface area contributed by atoms with E-state index in [4.69, 9.17) is 24.9 Å². The summed E-state index contributed by atoms with van der Waals surface area (Å²) < 4.78 is 55.0. The molecule has 0 aliphatic heterocycles. The molecule has 2 atom stereocenters. The SMILES string of the molecule is CCOC(=O)[C@H](C)N[P@@](=O)(Oc1ccccc1)SCCN.O=C(O)C(F)(F)F. The summed E-state index contributed by atoms with van der Waals surface area (Å²) in [5, 5.41) is 9.85. The van der Waals surface area contributed by atoms with E-state index in [9.17, 15) is 22.5 Å². The summed E-state index contributed by atoms with van der Waals surface area (Å²) in [4.78, 5) is 20.5. The maximum Gasteiger partial charge on any atom is 0.490 e. The molecule has 0 saturated carbocycles. The van der Waals surface area contributed by atoms with Crippen molar-refractivity contribution in [2.24, 2.45) is 5.73 Å². The number of carboxylic acids is 1. The fourth-order valence-corrected chi connectivity index (χ4v) is 5.10. The van der Waals surface area contributed by atoms with Gasteiger partial charge in [-0.15, -0.1) is 0 Å². The molecule has 0 amide bonds. The Hall–Kier alpha value is -1.75. The fraction of sp³-hybridized carbons (Fsp3) is 0.467. The van der Waals surface area contributed by atoms with Crippen LogP contribution in [0.3, 0.4) is 0 Å². The molecule has 0 fully saturated rings. The lowest BCUT2D eigenvalue weighted by Gasteiger charge is -2.22. The number of carbonyl (C=O) groups is 2. The number of benzene rings is 1. The first-order chi connectivity index (χ1) is 12.9. The molecule has 4 N–H and O–H groups in total. The third-order valence-corrected chi connectivity index (χ3v) is 6.60.